The lowest BCUT2D eigenvalue weighted by Gasteiger charge is -2.27. The van der Waals surface area contributed by atoms with Gasteiger partial charge >= 0.3 is 0 Å². The van der Waals surface area contributed by atoms with Gasteiger partial charge in [-0.25, -0.2) is 0 Å². The van der Waals surface area contributed by atoms with Crippen LogP contribution in [0, 0.1) is 0 Å². The molecule has 0 aromatic heterocycles. The van der Waals surface area contributed by atoms with Crippen LogP contribution in [0.25, 0.3) is 0 Å². The van der Waals surface area contributed by atoms with Gasteiger partial charge < -0.3 is 15.2 Å². The van der Waals surface area contributed by atoms with Gasteiger partial charge in [0.1, 0.15) is 12.4 Å². The van der Waals surface area contributed by atoms with E-state index in [1.54, 1.807) is 0 Å². The zero-order valence-corrected chi connectivity index (χ0v) is 10.4. The van der Waals surface area contributed by atoms with Gasteiger partial charge in [0, 0.05) is 6.04 Å². The van der Waals surface area contributed by atoms with Crippen molar-refractivity contribution in [3.05, 3.63) is 29.3 Å². The number of aliphatic hydroxyl groups excluding tert-OH is 1. The van der Waals surface area contributed by atoms with E-state index in [2.05, 4.69) is 18.3 Å². The zero-order chi connectivity index (χ0) is 12.1. The normalized spacial score (nSPS) is 18.8. The molecule has 17 heavy (non-hydrogen) atoms. The molecule has 0 saturated heterocycles. The largest absolute Gasteiger partial charge is 0.491 e. The number of hydrogen-bond acceptors (Lipinski definition) is 3. The average Bonchev–Trinajstić information content (AvgIpc) is 2.37. The fraction of sp³-hybridized carbons (Fsp3) is 0.571. The van der Waals surface area contributed by atoms with Crippen molar-refractivity contribution in [2.75, 3.05) is 19.8 Å². The van der Waals surface area contributed by atoms with Crippen molar-refractivity contribution in [1.82, 2.24) is 5.32 Å². The summed E-state index contributed by atoms with van der Waals surface area (Å²) < 4.78 is 5.60. The molecule has 0 bridgehead atoms. The molecule has 1 aliphatic carbocycles. The summed E-state index contributed by atoms with van der Waals surface area (Å²) in [6, 6.07) is 6.69. The summed E-state index contributed by atoms with van der Waals surface area (Å²) in [5, 5.41) is 12.3. The van der Waals surface area contributed by atoms with Crippen LogP contribution in [-0.4, -0.2) is 24.9 Å². The Morgan fingerprint density at radius 1 is 1.47 bits per heavy atom. The van der Waals surface area contributed by atoms with Crippen LogP contribution in [0.3, 0.4) is 0 Å². The van der Waals surface area contributed by atoms with Crippen molar-refractivity contribution in [2.45, 2.75) is 32.2 Å². The number of hydrogen-bond donors (Lipinski definition) is 2. The minimum atomic E-state index is 0.0697. The van der Waals surface area contributed by atoms with Crippen LogP contribution >= 0.6 is 0 Å². The van der Waals surface area contributed by atoms with Crippen molar-refractivity contribution in [3.63, 3.8) is 0 Å². The van der Waals surface area contributed by atoms with Gasteiger partial charge in [0.15, 0.2) is 0 Å². The molecule has 0 spiro atoms. The van der Waals surface area contributed by atoms with Crippen molar-refractivity contribution in [1.29, 1.82) is 0 Å². The first-order valence-electron chi connectivity index (χ1n) is 6.45. The van der Waals surface area contributed by atoms with E-state index < -0.39 is 0 Å². The molecule has 1 atom stereocenters. The van der Waals surface area contributed by atoms with Gasteiger partial charge in [0.05, 0.1) is 6.61 Å². The number of rotatable bonds is 5. The van der Waals surface area contributed by atoms with Crippen LogP contribution in [0.4, 0.5) is 0 Å². The lowest BCUT2D eigenvalue weighted by molar-refractivity contribution is 0.199. The lowest BCUT2D eigenvalue weighted by atomic mass is 9.87. The highest BCUT2D eigenvalue weighted by Crippen LogP contribution is 2.35. The van der Waals surface area contributed by atoms with Crippen molar-refractivity contribution in [2.24, 2.45) is 0 Å². The maximum atomic E-state index is 8.83. The van der Waals surface area contributed by atoms with E-state index in [0.717, 1.165) is 18.7 Å². The molecule has 3 nitrogen and oxygen atoms in total. The lowest BCUT2D eigenvalue weighted by Crippen LogP contribution is -2.25. The highest BCUT2D eigenvalue weighted by Gasteiger charge is 2.21. The van der Waals surface area contributed by atoms with E-state index in [1.807, 2.05) is 12.1 Å². The van der Waals surface area contributed by atoms with Gasteiger partial charge in [0.2, 0.25) is 0 Å². The minimum Gasteiger partial charge on any atom is -0.491 e. The van der Waals surface area contributed by atoms with Gasteiger partial charge in [-0.1, -0.05) is 19.1 Å². The summed E-state index contributed by atoms with van der Waals surface area (Å²) in [5.41, 5.74) is 2.69. The van der Waals surface area contributed by atoms with Crippen LogP contribution in [0.5, 0.6) is 5.75 Å². The Labute approximate surface area is 103 Å². The highest BCUT2D eigenvalue weighted by molar-refractivity contribution is 5.43. The molecular formula is C14H21NO2. The standard InChI is InChI=1S/C14H21NO2/c1-2-15-13-7-3-6-12-11(13)5-4-8-14(12)17-10-9-16/h4-5,8,13,15-16H,2-3,6-7,9-10H2,1H3. The molecule has 1 unspecified atom stereocenters. The van der Waals surface area contributed by atoms with Gasteiger partial charge in [0.25, 0.3) is 0 Å². The average molecular weight is 235 g/mol. The van der Waals surface area contributed by atoms with E-state index in [-0.39, 0.29) is 6.61 Å². The summed E-state index contributed by atoms with van der Waals surface area (Å²) in [6.45, 7) is 3.58. The summed E-state index contributed by atoms with van der Waals surface area (Å²) in [6.07, 6.45) is 3.48. The van der Waals surface area contributed by atoms with Crippen molar-refractivity contribution in [3.8, 4) is 5.75 Å². The molecule has 2 N–H and O–H groups in total. The van der Waals surface area contributed by atoms with Crippen LogP contribution in [0.1, 0.15) is 36.9 Å². The monoisotopic (exact) mass is 235 g/mol. The number of ether oxygens (including phenoxy) is 1. The van der Waals surface area contributed by atoms with Crippen LogP contribution in [0.15, 0.2) is 18.2 Å². The SMILES string of the molecule is CCNC1CCCc2c(OCCO)cccc21. The van der Waals surface area contributed by atoms with Gasteiger partial charge in [-0.3, -0.25) is 0 Å². The Bertz CT molecular complexity index is 365. The molecule has 1 aliphatic rings. The van der Waals surface area contributed by atoms with Gasteiger partial charge in [-0.2, -0.15) is 0 Å². The second-order valence-electron chi connectivity index (χ2n) is 4.40. The quantitative estimate of drug-likeness (QED) is 0.820. The smallest absolute Gasteiger partial charge is 0.122 e. The van der Waals surface area contributed by atoms with Crippen LogP contribution in [-0.2, 0) is 6.42 Å². The molecule has 0 saturated carbocycles. The molecule has 2 rings (SSSR count). The Morgan fingerprint density at radius 3 is 3.12 bits per heavy atom. The topological polar surface area (TPSA) is 41.5 Å². The third-order valence-electron chi connectivity index (χ3n) is 3.26. The molecule has 94 valence electrons. The molecule has 1 aromatic carbocycles. The summed E-state index contributed by atoms with van der Waals surface area (Å²) >= 11 is 0. The molecule has 0 heterocycles. The number of benzene rings is 1. The maximum Gasteiger partial charge on any atom is 0.122 e. The number of fused-ring (bicyclic) bond motifs is 1. The maximum absolute atomic E-state index is 8.83. The Hall–Kier alpha value is -1.06. The molecular weight excluding hydrogens is 214 g/mol. The van der Waals surface area contributed by atoms with E-state index in [1.165, 1.54) is 24.0 Å². The Balaban J connectivity index is 2.23. The van der Waals surface area contributed by atoms with E-state index in [9.17, 15) is 0 Å². The molecule has 0 aliphatic heterocycles. The van der Waals surface area contributed by atoms with Crippen LogP contribution in [0.2, 0.25) is 0 Å². The first-order valence-corrected chi connectivity index (χ1v) is 6.45. The molecule has 0 radical (unpaired) electrons. The van der Waals surface area contributed by atoms with Crippen molar-refractivity contribution < 1.29 is 9.84 Å². The van der Waals surface area contributed by atoms with E-state index in [0.29, 0.717) is 12.6 Å². The Kier molecular flexibility index (Phi) is 4.40. The minimum absolute atomic E-state index is 0.0697. The first-order chi connectivity index (χ1) is 8.36. The highest BCUT2D eigenvalue weighted by atomic mass is 16.5. The molecule has 1 aromatic rings. The fourth-order valence-electron chi connectivity index (χ4n) is 2.56. The van der Waals surface area contributed by atoms with Gasteiger partial charge in [-0.05, 0) is 43.0 Å². The van der Waals surface area contributed by atoms with Gasteiger partial charge in [-0.15, -0.1) is 0 Å². The zero-order valence-electron chi connectivity index (χ0n) is 10.4. The van der Waals surface area contributed by atoms with Crippen molar-refractivity contribution >= 4 is 0 Å². The predicted octanol–water partition coefficient (Wildman–Crippen LogP) is 2.04. The number of nitrogens with one attached hydrogen (secondary N) is 1. The summed E-state index contributed by atoms with van der Waals surface area (Å²) in [4.78, 5) is 0. The molecule has 0 fully saturated rings. The second-order valence-corrected chi connectivity index (χ2v) is 4.40. The fourth-order valence-corrected chi connectivity index (χ4v) is 2.56. The Morgan fingerprint density at radius 2 is 2.35 bits per heavy atom. The predicted molar refractivity (Wildman–Crippen MR) is 68.4 cm³/mol. The third kappa shape index (κ3) is 2.79. The third-order valence-corrected chi connectivity index (χ3v) is 3.26. The summed E-state index contributed by atoms with van der Waals surface area (Å²) in [5.74, 6) is 0.944. The molecule has 0 amide bonds. The molecule has 3 heteroatoms. The van der Waals surface area contributed by atoms with E-state index >= 15 is 0 Å². The van der Waals surface area contributed by atoms with E-state index in [4.69, 9.17) is 9.84 Å². The van der Waals surface area contributed by atoms with Crippen LogP contribution < -0.4 is 10.1 Å². The first kappa shape index (κ1) is 12.4. The second kappa shape index (κ2) is 6.03. The summed E-state index contributed by atoms with van der Waals surface area (Å²) in [7, 11) is 0. The number of aliphatic hydroxyl groups is 1.